The Hall–Kier alpha value is -5.34. The monoisotopic (exact) mass is 656 g/mol. The molecule has 0 aliphatic rings. The van der Waals surface area contributed by atoms with E-state index in [-0.39, 0.29) is 0 Å². The summed E-state index contributed by atoms with van der Waals surface area (Å²) in [6.45, 7) is 12.5. The smallest absolute Gasteiger partial charge is 0.263 e. The highest BCUT2D eigenvalue weighted by Gasteiger charge is 2.10. The van der Waals surface area contributed by atoms with Crippen molar-refractivity contribution in [3.8, 4) is 34.5 Å². The number of aromatic hydroxyl groups is 6. The highest BCUT2D eigenvalue weighted by Crippen LogP contribution is 2.30. The van der Waals surface area contributed by atoms with Crippen LogP contribution in [0.2, 0.25) is 0 Å². The van der Waals surface area contributed by atoms with Crippen LogP contribution < -0.4 is 15.1 Å². The highest BCUT2D eigenvalue weighted by atomic mass is 16.5. The zero-order valence-corrected chi connectivity index (χ0v) is 29.0. The Kier molecular flexibility index (Phi) is 15.7. The van der Waals surface area contributed by atoms with Crippen LogP contribution in [-0.4, -0.2) is 21.5 Å². The van der Waals surface area contributed by atoms with Gasteiger partial charge in [-0.15, -0.1) is 0 Å². The zero-order valence-electron chi connectivity index (χ0n) is 29.0. The molecule has 0 aromatic heterocycles. The van der Waals surface area contributed by atoms with E-state index in [1.165, 1.54) is 33.4 Å². The number of hydrogen-bond donors (Lipinski definition) is 0. The van der Waals surface area contributed by atoms with Gasteiger partial charge in [-0.1, -0.05) is 109 Å². The first-order chi connectivity index (χ1) is 23.5. The summed E-state index contributed by atoms with van der Waals surface area (Å²) < 4.78 is 13.9. The molecule has 6 aromatic rings. The number of aryl methyl sites for hydroxylation is 6. The van der Waals surface area contributed by atoms with E-state index in [1.807, 2.05) is 109 Å². The van der Waals surface area contributed by atoms with Crippen molar-refractivity contribution in [2.24, 2.45) is 0 Å². The summed E-state index contributed by atoms with van der Waals surface area (Å²) in [7, 11) is -2.92. The standard InChI is InChI=1S/3C14H14O.BO3/c3*1-11-7-3-5-9-13(11)15-14-10-6-4-8-12(14)2;2-1(3)4/h3*3-10H,1-2H3;/q;;;-3/p+3. The van der Waals surface area contributed by atoms with E-state index >= 15 is 0 Å². The molecule has 0 fully saturated rings. The quantitative estimate of drug-likeness (QED) is 0.134. The fraction of sp³-hybridized carbons (Fsp3) is 0.143. The third-order valence-electron chi connectivity index (χ3n) is 7.42. The lowest BCUT2D eigenvalue weighted by Crippen LogP contribution is -2.56. The SMILES string of the molecule is Cc1ccccc1[OH+]c1ccccc1C.Cc1ccccc1[OH+]c1ccccc1C.Cc1ccccc1[OH+]c1ccccc1C.[O-]B([O-])[O-]. The van der Waals surface area contributed by atoms with Crippen molar-refractivity contribution in [2.45, 2.75) is 41.5 Å². The molecule has 0 saturated carbocycles. The second kappa shape index (κ2) is 20.1. The van der Waals surface area contributed by atoms with Crippen LogP contribution in [0.4, 0.5) is 0 Å². The predicted molar refractivity (Wildman–Crippen MR) is 196 cm³/mol. The summed E-state index contributed by atoms with van der Waals surface area (Å²) >= 11 is 0. The first kappa shape index (κ1) is 38.1. The number of rotatable bonds is 6. The second-order valence-corrected chi connectivity index (χ2v) is 11.3. The van der Waals surface area contributed by atoms with Crippen molar-refractivity contribution < 1.29 is 29.3 Å². The third kappa shape index (κ3) is 13.4. The molecule has 0 unspecified atom stereocenters. The Morgan fingerprint density at radius 1 is 0.286 bits per heavy atom. The molecule has 0 aliphatic carbocycles. The maximum Gasteiger partial charge on any atom is 0.263 e. The van der Waals surface area contributed by atoms with Crippen LogP contribution in [0.1, 0.15) is 33.4 Å². The molecule has 0 radical (unpaired) electrons. The lowest BCUT2D eigenvalue weighted by Gasteiger charge is -2.35. The molecule has 7 heteroatoms. The van der Waals surface area contributed by atoms with Crippen LogP contribution >= 0.6 is 0 Å². The zero-order chi connectivity index (χ0) is 35.6. The van der Waals surface area contributed by atoms with Crippen molar-refractivity contribution in [1.82, 2.24) is 0 Å². The average molecular weight is 657 g/mol. The van der Waals surface area contributed by atoms with Crippen LogP contribution in [0.5, 0.6) is 34.5 Å². The van der Waals surface area contributed by atoms with Gasteiger partial charge in [-0.2, -0.15) is 0 Å². The molecule has 0 atom stereocenters. The van der Waals surface area contributed by atoms with Gasteiger partial charge >= 0.3 is 0 Å². The van der Waals surface area contributed by atoms with Crippen molar-refractivity contribution in [3.05, 3.63) is 179 Å². The van der Waals surface area contributed by atoms with E-state index < -0.39 is 7.32 Å². The van der Waals surface area contributed by atoms with E-state index in [0.717, 1.165) is 34.5 Å². The summed E-state index contributed by atoms with van der Waals surface area (Å²) in [5, 5.41) is 25.2. The second-order valence-electron chi connectivity index (χ2n) is 11.3. The Balaban J connectivity index is 0.000000188. The summed E-state index contributed by atoms with van der Waals surface area (Å²) in [4.78, 5) is 0. The van der Waals surface area contributed by atoms with Crippen LogP contribution in [-0.2, 0) is 0 Å². The first-order valence-corrected chi connectivity index (χ1v) is 16.0. The maximum atomic E-state index is 8.42. The molecule has 6 nitrogen and oxygen atoms in total. The Morgan fingerprint density at radius 2 is 0.408 bits per heavy atom. The Morgan fingerprint density at radius 3 is 0.531 bits per heavy atom. The average Bonchev–Trinajstić information content (AvgIpc) is 3.08. The summed E-state index contributed by atoms with van der Waals surface area (Å²) in [6.07, 6.45) is 0. The van der Waals surface area contributed by atoms with E-state index in [4.69, 9.17) is 15.1 Å². The van der Waals surface area contributed by atoms with E-state index in [2.05, 4.69) is 92.2 Å². The fourth-order valence-electron chi connectivity index (χ4n) is 4.52. The topological polar surface area (TPSA) is 108 Å². The van der Waals surface area contributed by atoms with Gasteiger partial charge in [0.1, 0.15) is 0 Å². The molecule has 3 N–H and O–H groups in total. The van der Waals surface area contributed by atoms with Gasteiger partial charge in [0, 0.05) is 69.8 Å². The molecule has 49 heavy (non-hydrogen) atoms. The molecule has 0 bridgehead atoms. The third-order valence-corrected chi connectivity index (χ3v) is 7.42. The molecule has 252 valence electrons. The molecule has 0 aliphatic heterocycles. The van der Waals surface area contributed by atoms with Gasteiger partial charge in [-0.05, 0) is 41.5 Å². The van der Waals surface area contributed by atoms with Crippen molar-refractivity contribution in [2.75, 3.05) is 0 Å². The van der Waals surface area contributed by atoms with Gasteiger partial charge in [-0.25, -0.2) is 0 Å². The lowest BCUT2D eigenvalue weighted by atomic mass is 10.2. The van der Waals surface area contributed by atoms with Gasteiger partial charge in [0.15, 0.2) is 0 Å². The molecular weight excluding hydrogens is 611 g/mol. The number of hydrogen-bond acceptors (Lipinski definition) is 3. The van der Waals surface area contributed by atoms with Gasteiger partial charge < -0.3 is 29.3 Å². The number of para-hydroxylation sites is 6. The molecule has 0 spiro atoms. The van der Waals surface area contributed by atoms with E-state index in [9.17, 15) is 0 Å². The predicted octanol–water partition coefficient (Wildman–Crippen LogP) is 7.93. The van der Waals surface area contributed by atoms with Crippen molar-refractivity contribution >= 4 is 7.32 Å². The minimum Gasteiger partial charge on any atom is -0.907 e. The summed E-state index contributed by atoms with van der Waals surface area (Å²) in [5.41, 5.74) is 7.25. The first-order valence-electron chi connectivity index (χ1n) is 16.0. The van der Waals surface area contributed by atoms with Crippen LogP contribution in [0.3, 0.4) is 0 Å². The number of benzene rings is 6. The normalized spacial score (nSPS) is 9.73. The Bertz CT molecular complexity index is 1530. The van der Waals surface area contributed by atoms with Crippen molar-refractivity contribution in [3.63, 3.8) is 0 Å². The number of ether oxygens (including phenoxy) is 3. The summed E-state index contributed by atoms with van der Waals surface area (Å²) in [5.74, 6) is 6.29. The van der Waals surface area contributed by atoms with Gasteiger partial charge in [0.05, 0.1) is 0 Å². The molecule has 0 amide bonds. The Labute approximate surface area is 291 Å². The fourth-order valence-corrected chi connectivity index (χ4v) is 4.52. The van der Waals surface area contributed by atoms with Gasteiger partial charge in [0.2, 0.25) is 0 Å². The van der Waals surface area contributed by atoms with E-state index in [1.54, 1.807) is 0 Å². The van der Waals surface area contributed by atoms with E-state index in [0.29, 0.717) is 0 Å². The largest absolute Gasteiger partial charge is 0.907 e. The highest BCUT2D eigenvalue weighted by molar-refractivity contribution is 6.24. The molecular formula is C42H45BO6. The minimum absolute atomic E-state index is 1.05. The van der Waals surface area contributed by atoms with Crippen LogP contribution in [0.25, 0.3) is 0 Å². The van der Waals surface area contributed by atoms with Crippen LogP contribution in [0, 0.1) is 41.5 Å². The molecule has 6 aromatic carbocycles. The van der Waals surface area contributed by atoms with Gasteiger partial charge in [-0.3, -0.25) is 7.32 Å². The van der Waals surface area contributed by atoms with Crippen LogP contribution in [0.15, 0.2) is 146 Å². The van der Waals surface area contributed by atoms with Crippen molar-refractivity contribution in [1.29, 1.82) is 0 Å². The minimum atomic E-state index is -2.92. The maximum absolute atomic E-state index is 8.42. The molecule has 0 saturated heterocycles. The van der Waals surface area contributed by atoms with Gasteiger partial charge in [0.25, 0.3) is 34.5 Å². The molecule has 6 rings (SSSR count). The molecule has 0 heterocycles. The lowest BCUT2D eigenvalue weighted by molar-refractivity contribution is -0.479. The summed E-state index contributed by atoms with van der Waals surface area (Å²) in [6, 6.07) is 49.1.